The fourth-order valence-corrected chi connectivity index (χ4v) is 3.61. The molecule has 142 valence electrons. The molecule has 1 aliphatic carbocycles. The zero-order valence-corrected chi connectivity index (χ0v) is 15.7. The van der Waals surface area contributed by atoms with Crippen molar-refractivity contribution in [2.75, 3.05) is 18.5 Å². The number of aromatic nitrogens is 3. The number of nitrogens with zero attached hydrogens (tertiary/aromatic N) is 4. The van der Waals surface area contributed by atoms with Gasteiger partial charge in [0.1, 0.15) is 17.3 Å². The summed E-state index contributed by atoms with van der Waals surface area (Å²) < 4.78 is 13.4. The van der Waals surface area contributed by atoms with E-state index in [2.05, 4.69) is 4.98 Å². The molecule has 4 rings (SSSR count). The number of halogens is 1. The number of carbonyl (C=O) groups excluding carboxylic acids is 1. The molecule has 2 heterocycles. The molecule has 0 radical (unpaired) electrons. The Labute approximate surface area is 163 Å². The number of ketones is 1. The van der Waals surface area contributed by atoms with Crippen molar-refractivity contribution in [1.29, 1.82) is 0 Å². The summed E-state index contributed by atoms with van der Waals surface area (Å²) >= 11 is 0. The van der Waals surface area contributed by atoms with Gasteiger partial charge in [-0.3, -0.25) is 9.78 Å². The molecule has 0 fully saturated rings. The summed E-state index contributed by atoms with van der Waals surface area (Å²) in [5.41, 5.74) is 3.55. The molecule has 0 N–H and O–H groups in total. The lowest BCUT2D eigenvalue weighted by Crippen LogP contribution is -2.28. The number of rotatable bonds is 6. The second kappa shape index (κ2) is 7.84. The van der Waals surface area contributed by atoms with E-state index >= 15 is 0 Å². The maximum absolute atomic E-state index is 13.4. The quantitative estimate of drug-likeness (QED) is 0.660. The summed E-state index contributed by atoms with van der Waals surface area (Å²) in [6.45, 7) is 0.210. The van der Waals surface area contributed by atoms with Crippen molar-refractivity contribution in [1.82, 2.24) is 15.0 Å². The first-order valence-electron chi connectivity index (χ1n) is 9.38. The molecule has 0 bridgehead atoms. The van der Waals surface area contributed by atoms with E-state index in [4.69, 9.17) is 9.97 Å². The second-order valence-corrected chi connectivity index (χ2v) is 7.07. The lowest BCUT2D eigenvalue weighted by atomic mass is 10.1. The molecule has 0 unspecified atom stereocenters. The molecule has 0 amide bonds. The van der Waals surface area contributed by atoms with Crippen LogP contribution < -0.4 is 4.90 Å². The van der Waals surface area contributed by atoms with Crippen LogP contribution in [0.1, 0.15) is 23.2 Å². The molecule has 0 aliphatic heterocycles. The number of fused-ring (bicyclic) bond motifs is 1. The highest BCUT2D eigenvalue weighted by atomic mass is 19.1. The lowest BCUT2D eigenvalue weighted by Gasteiger charge is -2.21. The summed E-state index contributed by atoms with van der Waals surface area (Å²) in [5, 5.41) is 0. The predicted molar refractivity (Wildman–Crippen MR) is 106 cm³/mol. The van der Waals surface area contributed by atoms with Crippen LogP contribution >= 0.6 is 0 Å². The van der Waals surface area contributed by atoms with Gasteiger partial charge in [0.25, 0.3) is 0 Å². The van der Waals surface area contributed by atoms with Gasteiger partial charge in [0.15, 0.2) is 11.6 Å². The van der Waals surface area contributed by atoms with Crippen molar-refractivity contribution in [3.8, 4) is 11.5 Å². The topological polar surface area (TPSA) is 59.0 Å². The fourth-order valence-electron chi connectivity index (χ4n) is 3.61. The summed E-state index contributed by atoms with van der Waals surface area (Å²) in [7, 11) is 1.87. The molecule has 0 atom stereocenters. The van der Waals surface area contributed by atoms with Crippen LogP contribution in [-0.2, 0) is 24.1 Å². The summed E-state index contributed by atoms with van der Waals surface area (Å²) in [6.07, 6.45) is 4.78. The van der Waals surface area contributed by atoms with Gasteiger partial charge in [-0.05, 0) is 49.1 Å². The molecule has 1 aromatic carbocycles. The van der Waals surface area contributed by atoms with Crippen LogP contribution in [0.5, 0.6) is 0 Å². The van der Waals surface area contributed by atoms with Crippen LogP contribution in [0, 0.1) is 5.82 Å². The van der Waals surface area contributed by atoms with Gasteiger partial charge in [-0.15, -0.1) is 0 Å². The highest BCUT2D eigenvalue weighted by Crippen LogP contribution is 2.30. The van der Waals surface area contributed by atoms with Crippen LogP contribution in [0.2, 0.25) is 0 Å². The standard InChI is InChI=1S/C22H21FN4O/c1-27(14-17(28)13-15-6-4-7-16(23)12-15)22-18-8-5-10-19(18)25-21(26-22)20-9-2-3-11-24-20/h2-4,6-7,9,11-12H,5,8,10,13-14H2,1H3. The van der Waals surface area contributed by atoms with Gasteiger partial charge < -0.3 is 4.90 Å². The third-order valence-electron chi connectivity index (χ3n) is 4.87. The molecule has 3 aromatic rings. The number of anilines is 1. The SMILES string of the molecule is CN(CC(=O)Cc1cccc(F)c1)c1nc(-c2ccccn2)nc2c1CCC2. The van der Waals surface area contributed by atoms with E-state index in [0.29, 0.717) is 11.4 Å². The van der Waals surface area contributed by atoms with Gasteiger partial charge in [-0.25, -0.2) is 14.4 Å². The van der Waals surface area contributed by atoms with Crippen LogP contribution in [0.25, 0.3) is 11.5 Å². The van der Waals surface area contributed by atoms with Crippen LogP contribution in [0.15, 0.2) is 48.7 Å². The smallest absolute Gasteiger partial charge is 0.180 e. The van der Waals surface area contributed by atoms with E-state index in [0.717, 1.165) is 42.0 Å². The number of likely N-dealkylation sites (N-methyl/N-ethyl adjacent to an activating group) is 1. The van der Waals surface area contributed by atoms with Crippen molar-refractivity contribution in [3.63, 3.8) is 0 Å². The molecule has 6 heteroatoms. The lowest BCUT2D eigenvalue weighted by molar-refractivity contribution is -0.117. The van der Waals surface area contributed by atoms with E-state index in [1.165, 1.54) is 12.1 Å². The molecular formula is C22H21FN4O. The average Bonchev–Trinajstić information content (AvgIpc) is 3.16. The van der Waals surface area contributed by atoms with Crippen molar-refractivity contribution in [2.45, 2.75) is 25.7 Å². The first-order chi connectivity index (χ1) is 13.6. The van der Waals surface area contributed by atoms with E-state index in [1.54, 1.807) is 18.3 Å². The molecule has 0 saturated carbocycles. The third-order valence-corrected chi connectivity index (χ3v) is 4.87. The van der Waals surface area contributed by atoms with E-state index in [-0.39, 0.29) is 24.6 Å². The zero-order chi connectivity index (χ0) is 19.5. The molecular weight excluding hydrogens is 355 g/mol. The van der Waals surface area contributed by atoms with Crippen molar-refractivity contribution in [3.05, 3.63) is 71.3 Å². The minimum Gasteiger partial charge on any atom is -0.352 e. The minimum absolute atomic E-state index is 0.0119. The Hall–Kier alpha value is -3.15. The Morgan fingerprint density at radius 3 is 2.82 bits per heavy atom. The van der Waals surface area contributed by atoms with Crippen molar-refractivity contribution in [2.24, 2.45) is 0 Å². The number of benzene rings is 1. The number of hydrogen-bond acceptors (Lipinski definition) is 5. The third kappa shape index (κ3) is 3.91. The van der Waals surface area contributed by atoms with Crippen molar-refractivity contribution < 1.29 is 9.18 Å². The van der Waals surface area contributed by atoms with Gasteiger partial charge in [0, 0.05) is 30.9 Å². The number of pyridine rings is 1. The normalized spacial score (nSPS) is 12.6. The second-order valence-electron chi connectivity index (χ2n) is 7.07. The van der Waals surface area contributed by atoms with Gasteiger partial charge >= 0.3 is 0 Å². The average molecular weight is 376 g/mol. The highest BCUT2D eigenvalue weighted by Gasteiger charge is 2.23. The largest absolute Gasteiger partial charge is 0.352 e. The summed E-state index contributed by atoms with van der Waals surface area (Å²) in [6, 6.07) is 11.8. The number of hydrogen-bond donors (Lipinski definition) is 0. The summed E-state index contributed by atoms with van der Waals surface area (Å²) in [5.74, 6) is 1.06. The molecule has 1 aliphatic rings. The number of carbonyl (C=O) groups is 1. The van der Waals surface area contributed by atoms with Crippen LogP contribution in [0.3, 0.4) is 0 Å². The summed E-state index contributed by atoms with van der Waals surface area (Å²) in [4.78, 5) is 28.2. The molecule has 5 nitrogen and oxygen atoms in total. The first-order valence-corrected chi connectivity index (χ1v) is 9.38. The Kier molecular flexibility index (Phi) is 5.10. The van der Waals surface area contributed by atoms with E-state index in [9.17, 15) is 9.18 Å². The van der Waals surface area contributed by atoms with Crippen molar-refractivity contribution >= 4 is 11.6 Å². The molecule has 0 saturated heterocycles. The monoisotopic (exact) mass is 376 g/mol. The zero-order valence-electron chi connectivity index (χ0n) is 15.7. The van der Waals surface area contributed by atoms with Crippen LogP contribution in [-0.4, -0.2) is 34.3 Å². The van der Waals surface area contributed by atoms with Gasteiger partial charge in [-0.1, -0.05) is 18.2 Å². The van der Waals surface area contributed by atoms with Gasteiger partial charge in [0.05, 0.1) is 6.54 Å². The Balaban J connectivity index is 1.57. The highest BCUT2D eigenvalue weighted by molar-refractivity contribution is 5.85. The van der Waals surface area contributed by atoms with Gasteiger partial charge in [-0.2, -0.15) is 0 Å². The maximum atomic E-state index is 13.4. The Morgan fingerprint density at radius 1 is 1.14 bits per heavy atom. The Morgan fingerprint density at radius 2 is 2.04 bits per heavy atom. The minimum atomic E-state index is -0.327. The fraction of sp³-hybridized carbons (Fsp3) is 0.273. The van der Waals surface area contributed by atoms with E-state index < -0.39 is 0 Å². The number of aryl methyl sites for hydroxylation is 1. The molecule has 2 aromatic heterocycles. The van der Waals surface area contributed by atoms with E-state index in [1.807, 2.05) is 30.1 Å². The molecule has 0 spiro atoms. The van der Waals surface area contributed by atoms with Gasteiger partial charge in [0.2, 0.25) is 0 Å². The predicted octanol–water partition coefficient (Wildman–Crippen LogP) is 3.41. The first kappa shape index (κ1) is 18.2. The van der Waals surface area contributed by atoms with Crippen LogP contribution in [0.4, 0.5) is 10.2 Å². The Bertz CT molecular complexity index is 1010. The number of Topliss-reactive ketones (excluding diaryl/α,β-unsaturated/α-hetero) is 1. The molecule has 28 heavy (non-hydrogen) atoms. The maximum Gasteiger partial charge on any atom is 0.180 e.